The van der Waals surface area contributed by atoms with E-state index in [1.807, 2.05) is 0 Å². The number of aliphatic hydroxyl groups excluding tert-OH is 1. The Kier molecular flexibility index (Phi) is 3.68. The third-order valence-electron chi connectivity index (χ3n) is 4.20. The van der Waals surface area contributed by atoms with E-state index in [0.29, 0.717) is 0 Å². The van der Waals surface area contributed by atoms with Gasteiger partial charge in [-0.1, -0.05) is 13.8 Å². The topological polar surface area (TPSA) is 66.8 Å². The number of carbonyl (C=O) groups is 2. The van der Waals surface area contributed by atoms with Crippen molar-refractivity contribution in [2.45, 2.75) is 44.4 Å². The number of allylic oxidation sites excluding steroid dienone is 1. The zero-order valence-electron chi connectivity index (χ0n) is 11.3. The average Bonchev–Trinajstić information content (AvgIpc) is 2.60. The van der Waals surface area contributed by atoms with Crippen LogP contribution in [-0.4, -0.2) is 46.1 Å². The summed E-state index contributed by atoms with van der Waals surface area (Å²) < 4.78 is 34.1. The number of nitrogens with zero attached hydrogens (tertiary/aromatic N) is 1. The molecule has 1 N–H and O–H groups in total. The summed E-state index contributed by atoms with van der Waals surface area (Å²) in [7, 11) is 0. The van der Waals surface area contributed by atoms with E-state index in [4.69, 9.17) is 4.74 Å². The Morgan fingerprint density at radius 1 is 1.50 bits per heavy atom. The van der Waals surface area contributed by atoms with Gasteiger partial charge in [0.25, 0.3) is 5.92 Å². The molecule has 112 valence electrons. The number of hydrogen-bond acceptors (Lipinski definition) is 4. The summed E-state index contributed by atoms with van der Waals surface area (Å²) in [5.74, 6) is -5.70. The summed E-state index contributed by atoms with van der Waals surface area (Å²) in [5, 5.41) is 9.41. The second kappa shape index (κ2) is 4.89. The van der Waals surface area contributed by atoms with Gasteiger partial charge in [0.1, 0.15) is 5.60 Å². The number of ether oxygens (including phenoxy) is 1. The monoisotopic (exact) mass is 289 g/mol. The van der Waals surface area contributed by atoms with Crippen LogP contribution in [0.3, 0.4) is 0 Å². The molecule has 1 amide bonds. The quantitative estimate of drug-likeness (QED) is 0.789. The van der Waals surface area contributed by atoms with Gasteiger partial charge in [-0.2, -0.15) is 0 Å². The van der Waals surface area contributed by atoms with Crippen LogP contribution in [0.4, 0.5) is 8.78 Å². The molecule has 0 aromatic heterocycles. The van der Waals surface area contributed by atoms with E-state index in [0.717, 1.165) is 17.2 Å². The van der Waals surface area contributed by atoms with Gasteiger partial charge in [0.15, 0.2) is 5.78 Å². The number of amides is 1. The van der Waals surface area contributed by atoms with Crippen molar-refractivity contribution >= 4 is 11.7 Å². The lowest BCUT2D eigenvalue weighted by Crippen LogP contribution is -2.48. The van der Waals surface area contributed by atoms with Gasteiger partial charge in [0, 0.05) is 6.20 Å². The average molecular weight is 289 g/mol. The maximum Gasteiger partial charge on any atom is 0.297 e. The van der Waals surface area contributed by atoms with Crippen LogP contribution in [0.15, 0.2) is 12.3 Å². The standard InChI is InChI=1S/C13H17F2NO4/c1-3-12(7-17)8(2)13(14,15)11(20-12)16-5-4-9(18)6-10(16)19/h4-5,8,11,17H,3,6-7H2,1-2H3/t8-,11-,12-/m1/s1. The number of halogens is 2. The number of hydrogen-bond donors (Lipinski definition) is 1. The first-order valence-electron chi connectivity index (χ1n) is 6.47. The molecule has 2 rings (SSSR count). The second-order valence-electron chi connectivity index (χ2n) is 5.20. The number of alkyl halides is 2. The number of carbonyl (C=O) groups excluding carboxylic acids is 2. The first kappa shape index (κ1) is 15.1. The highest BCUT2D eigenvalue weighted by atomic mass is 19.3. The van der Waals surface area contributed by atoms with Crippen molar-refractivity contribution in [2.75, 3.05) is 6.61 Å². The highest BCUT2D eigenvalue weighted by molar-refractivity contribution is 6.06. The minimum atomic E-state index is -3.31. The highest BCUT2D eigenvalue weighted by Crippen LogP contribution is 2.49. The lowest BCUT2D eigenvalue weighted by atomic mass is 9.85. The number of ketones is 1. The van der Waals surface area contributed by atoms with Gasteiger partial charge in [-0.05, 0) is 12.5 Å². The van der Waals surface area contributed by atoms with Crippen molar-refractivity contribution in [2.24, 2.45) is 5.92 Å². The molecule has 3 atom stereocenters. The molecule has 7 heteroatoms. The lowest BCUT2D eigenvalue weighted by Gasteiger charge is -2.31. The van der Waals surface area contributed by atoms with E-state index in [1.165, 1.54) is 6.92 Å². The predicted octanol–water partition coefficient (Wildman–Crippen LogP) is 1.07. The largest absolute Gasteiger partial charge is 0.393 e. The molecule has 0 saturated carbocycles. The Labute approximate surface area is 115 Å². The lowest BCUT2D eigenvalue weighted by molar-refractivity contribution is -0.177. The molecule has 0 aromatic rings. The zero-order valence-corrected chi connectivity index (χ0v) is 11.3. The van der Waals surface area contributed by atoms with Crippen molar-refractivity contribution < 1.29 is 28.2 Å². The summed E-state index contributed by atoms with van der Waals surface area (Å²) in [6, 6.07) is 0. The van der Waals surface area contributed by atoms with Crippen molar-refractivity contribution in [1.82, 2.24) is 4.90 Å². The molecule has 5 nitrogen and oxygen atoms in total. The van der Waals surface area contributed by atoms with Gasteiger partial charge in [0.2, 0.25) is 12.1 Å². The normalized spacial score (nSPS) is 36.8. The summed E-state index contributed by atoms with van der Waals surface area (Å²) in [4.78, 5) is 23.6. The van der Waals surface area contributed by atoms with Gasteiger partial charge < -0.3 is 9.84 Å². The molecular formula is C13H17F2NO4. The fraction of sp³-hybridized carbons (Fsp3) is 0.692. The van der Waals surface area contributed by atoms with Crippen LogP contribution < -0.4 is 0 Å². The van der Waals surface area contributed by atoms with Gasteiger partial charge in [0.05, 0.1) is 18.9 Å². The Bertz CT molecular complexity index is 459. The molecule has 0 aliphatic carbocycles. The summed E-state index contributed by atoms with van der Waals surface area (Å²) in [6.45, 7) is 2.38. The molecule has 2 heterocycles. The van der Waals surface area contributed by atoms with Crippen molar-refractivity contribution in [3.8, 4) is 0 Å². The molecule has 20 heavy (non-hydrogen) atoms. The third-order valence-corrected chi connectivity index (χ3v) is 4.20. The number of rotatable bonds is 3. The minimum Gasteiger partial charge on any atom is -0.393 e. The molecule has 1 fully saturated rings. The second-order valence-corrected chi connectivity index (χ2v) is 5.20. The smallest absolute Gasteiger partial charge is 0.297 e. The van der Waals surface area contributed by atoms with E-state index in [-0.39, 0.29) is 6.42 Å². The Morgan fingerprint density at radius 3 is 2.60 bits per heavy atom. The first-order chi connectivity index (χ1) is 9.28. The zero-order chi connectivity index (χ0) is 15.1. The van der Waals surface area contributed by atoms with Crippen LogP contribution in [-0.2, 0) is 14.3 Å². The van der Waals surface area contributed by atoms with Crippen LogP contribution in [0, 0.1) is 5.92 Å². The number of aliphatic hydroxyl groups is 1. The fourth-order valence-corrected chi connectivity index (χ4v) is 2.64. The van der Waals surface area contributed by atoms with E-state index in [9.17, 15) is 23.5 Å². The van der Waals surface area contributed by atoms with Gasteiger partial charge in [-0.25, -0.2) is 8.78 Å². The van der Waals surface area contributed by atoms with Crippen molar-refractivity contribution in [1.29, 1.82) is 0 Å². The van der Waals surface area contributed by atoms with Crippen LogP contribution in [0.1, 0.15) is 26.7 Å². The van der Waals surface area contributed by atoms with Crippen LogP contribution in [0.2, 0.25) is 0 Å². The van der Waals surface area contributed by atoms with E-state index in [1.54, 1.807) is 6.92 Å². The predicted molar refractivity (Wildman–Crippen MR) is 64.7 cm³/mol. The van der Waals surface area contributed by atoms with Crippen molar-refractivity contribution in [3.63, 3.8) is 0 Å². The minimum absolute atomic E-state index is 0.196. The van der Waals surface area contributed by atoms with Crippen LogP contribution in [0.5, 0.6) is 0 Å². The van der Waals surface area contributed by atoms with Gasteiger partial charge in [-0.3, -0.25) is 14.5 Å². The Hall–Kier alpha value is -1.34. The summed E-state index contributed by atoms with van der Waals surface area (Å²) >= 11 is 0. The summed E-state index contributed by atoms with van der Waals surface area (Å²) in [5.41, 5.74) is -1.39. The van der Waals surface area contributed by atoms with Crippen molar-refractivity contribution in [3.05, 3.63) is 12.3 Å². The highest BCUT2D eigenvalue weighted by Gasteiger charge is 2.65. The molecular weight excluding hydrogens is 272 g/mol. The van der Waals surface area contributed by atoms with E-state index in [2.05, 4.69) is 0 Å². The first-order valence-corrected chi connectivity index (χ1v) is 6.47. The molecule has 0 aromatic carbocycles. The van der Waals surface area contributed by atoms with E-state index < -0.39 is 48.4 Å². The SMILES string of the molecule is CC[C@]1(CO)O[C@@H](N2C=CC(=O)CC2=O)C(F)(F)[C@@H]1C. The molecule has 0 spiro atoms. The fourth-order valence-electron chi connectivity index (χ4n) is 2.64. The maximum absolute atomic E-state index is 14.4. The summed E-state index contributed by atoms with van der Waals surface area (Å²) in [6.07, 6.45) is 0.0703. The third kappa shape index (κ3) is 2.05. The molecule has 0 bridgehead atoms. The van der Waals surface area contributed by atoms with E-state index >= 15 is 0 Å². The Morgan fingerprint density at radius 2 is 2.15 bits per heavy atom. The molecule has 1 saturated heterocycles. The molecule has 0 radical (unpaired) electrons. The van der Waals surface area contributed by atoms with Crippen LogP contribution >= 0.6 is 0 Å². The Balaban J connectivity index is 2.35. The van der Waals surface area contributed by atoms with Crippen LogP contribution in [0.25, 0.3) is 0 Å². The molecule has 0 unspecified atom stereocenters. The van der Waals surface area contributed by atoms with Gasteiger partial charge in [-0.15, -0.1) is 0 Å². The molecule has 2 aliphatic heterocycles. The van der Waals surface area contributed by atoms with Gasteiger partial charge >= 0.3 is 0 Å². The molecule has 2 aliphatic rings. The maximum atomic E-state index is 14.4.